The molecule has 2 aromatic heterocycles. The van der Waals surface area contributed by atoms with Gasteiger partial charge in [0.2, 0.25) is 0 Å². The molecule has 0 fully saturated rings. The number of aromatic nitrogens is 1. The van der Waals surface area contributed by atoms with Crippen molar-refractivity contribution in [2.45, 2.75) is 17.6 Å². The zero-order valence-corrected chi connectivity index (χ0v) is 19.5. The number of hydrogen-bond acceptors (Lipinski definition) is 8. The van der Waals surface area contributed by atoms with Crippen molar-refractivity contribution in [1.82, 2.24) is 20.3 Å². The van der Waals surface area contributed by atoms with Crippen molar-refractivity contribution in [2.24, 2.45) is 0 Å². The van der Waals surface area contributed by atoms with Gasteiger partial charge in [0.1, 0.15) is 15.8 Å². The molecule has 0 saturated carbocycles. The lowest BCUT2D eigenvalue weighted by molar-refractivity contribution is 0.0963. The van der Waals surface area contributed by atoms with Gasteiger partial charge in [-0.15, -0.1) is 11.3 Å². The molecule has 0 aromatic carbocycles. The van der Waals surface area contributed by atoms with E-state index < -0.39 is 28.0 Å². The number of amides is 5. The van der Waals surface area contributed by atoms with Crippen molar-refractivity contribution in [1.29, 1.82) is 0 Å². The van der Waals surface area contributed by atoms with Crippen molar-refractivity contribution >= 4 is 51.0 Å². The maximum absolute atomic E-state index is 12.6. The number of sulfonamides is 1. The van der Waals surface area contributed by atoms with Crippen LogP contribution in [-0.2, 0) is 21.2 Å². The minimum Gasteiger partial charge on any atom is -0.384 e. The first-order chi connectivity index (χ1) is 15.1. The molecule has 0 aliphatic rings. The molecule has 5 amide bonds. The van der Waals surface area contributed by atoms with E-state index in [0.29, 0.717) is 13.0 Å². The molecule has 0 atom stereocenters. The van der Waals surface area contributed by atoms with Crippen molar-refractivity contribution in [3.05, 3.63) is 34.2 Å². The van der Waals surface area contributed by atoms with Gasteiger partial charge >= 0.3 is 12.1 Å². The smallest absolute Gasteiger partial charge is 0.334 e. The maximum Gasteiger partial charge on any atom is 0.334 e. The first-order valence-corrected chi connectivity index (χ1v) is 11.5. The molecule has 5 N–H and O–H groups in total. The molecule has 2 rings (SSSR count). The summed E-state index contributed by atoms with van der Waals surface area (Å²) >= 11 is 1.04. The Bertz CT molecular complexity index is 1120. The third kappa shape index (κ3) is 6.63. The van der Waals surface area contributed by atoms with Crippen LogP contribution in [0.3, 0.4) is 0 Å². The van der Waals surface area contributed by atoms with E-state index >= 15 is 0 Å². The van der Waals surface area contributed by atoms with E-state index in [9.17, 15) is 22.8 Å². The Morgan fingerprint density at radius 3 is 2.22 bits per heavy atom. The van der Waals surface area contributed by atoms with Gasteiger partial charge in [-0.25, -0.2) is 27.7 Å². The molecule has 0 aliphatic heterocycles. The van der Waals surface area contributed by atoms with Crippen LogP contribution < -0.4 is 26.0 Å². The number of nitrogens with zero attached hydrogens (tertiary/aromatic N) is 1. The summed E-state index contributed by atoms with van der Waals surface area (Å²) in [6, 6.07) is 2.33. The molecule has 0 radical (unpaired) electrons. The van der Waals surface area contributed by atoms with E-state index in [0.717, 1.165) is 21.8 Å². The molecule has 0 aliphatic carbocycles. The van der Waals surface area contributed by atoms with Gasteiger partial charge in [0, 0.05) is 38.1 Å². The summed E-state index contributed by atoms with van der Waals surface area (Å²) in [5, 5.41) is 9.39. The van der Waals surface area contributed by atoms with Crippen LogP contribution >= 0.6 is 11.3 Å². The fourth-order valence-corrected chi connectivity index (χ4v) is 4.97. The van der Waals surface area contributed by atoms with Crippen LogP contribution in [-0.4, -0.2) is 59.2 Å². The number of thiophene rings is 1. The van der Waals surface area contributed by atoms with E-state index in [4.69, 9.17) is 4.74 Å². The number of ether oxygens (including phenoxy) is 1. The summed E-state index contributed by atoms with van der Waals surface area (Å²) in [4.78, 5) is 40.7. The number of rotatable bonds is 8. The molecule has 2 aromatic rings. The molecule has 0 bridgehead atoms. The van der Waals surface area contributed by atoms with E-state index in [2.05, 4.69) is 26.3 Å². The topological polar surface area (TPSA) is 168 Å². The van der Waals surface area contributed by atoms with Gasteiger partial charge in [0.25, 0.3) is 15.9 Å². The van der Waals surface area contributed by atoms with Crippen molar-refractivity contribution in [3.63, 3.8) is 0 Å². The number of carbonyl (C=O) groups is 3. The van der Waals surface area contributed by atoms with Gasteiger partial charge in [-0.1, -0.05) is 0 Å². The molecular weight excluding hydrogens is 460 g/mol. The summed E-state index contributed by atoms with van der Waals surface area (Å²) in [5.74, 6) is -0.672. The number of pyridine rings is 1. The van der Waals surface area contributed by atoms with Crippen LogP contribution in [0.1, 0.15) is 20.8 Å². The highest BCUT2D eigenvalue weighted by molar-refractivity contribution is 7.92. The van der Waals surface area contributed by atoms with Crippen LogP contribution in [0.25, 0.3) is 0 Å². The lowest BCUT2D eigenvalue weighted by atomic mass is 10.2. The Labute approximate surface area is 189 Å². The van der Waals surface area contributed by atoms with Gasteiger partial charge in [-0.3, -0.25) is 15.4 Å². The number of methoxy groups -OCH3 is 1. The number of aryl methyl sites for hydroxylation is 1. The van der Waals surface area contributed by atoms with Crippen LogP contribution in [0.2, 0.25) is 0 Å². The van der Waals surface area contributed by atoms with E-state index in [1.807, 2.05) is 4.72 Å². The quantitative estimate of drug-likeness (QED) is 0.376. The van der Waals surface area contributed by atoms with Crippen LogP contribution in [0.15, 0.2) is 22.4 Å². The van der Waals surface area contributed by atoms with Crippen molar-refractivity contribution < 1.29 is 27.5 Å². The molecule has 12 nitrogen and oxygen atoms in total. The third-order valence-electron chi connectivity index (χ3n) is 4.05. The predicted octanol–water partition coefficient (Wildman–Crippen LogP) is 1.26. The van der Waals surface area contributed by atoms with Gasteiger partial charge in [-0.2, -0.15) is 0 Å². The second-order valence-corrected chi connectivity index (χ2v) is 9.43. The standard InChI is InChI=1S/C18H24N6O6S2/c1-10-7-15(31-12(10)5-6-30-4)32(28,29)24-18(27)23-14-9-11(16(25)19-2)8-13(21-14)22-17(26)20-3/h7-9H,5-6H2,1-4H3,(H,19,25)(H4,20,21,22,23,24,26,27). The molecule has 14 heteroatoms. The van der Waals surface area contributed by atoms with Gasteiger partial charge in [0.05, 0.1) is 6.61 Å². The number of carbonyl (C=O) groups excluding carboxylic acids is 3. The van der Waals surface area contributed by atoms with Crippen LogP contribution in [0.4, 0.5) is 21.2 Å². The lowest BCUT2D eigenvalue weighted by Crippen LogP contribution is -2.34. The Kier molecular flexibility index (Phi) is 8.51. The minimum absolute atomic E-state index is 0.0229. The fourth-order valence-electron chi connectivity index (χ4n) is 2.49. The summed E-state index contributed by atoms with van der Waals surface area (Å²) in [7, 11) is 0.208. The zero-order chi connectivity index (χ0) is 23.9. The van der Waals surface area contributed by atoms with Crippen molar-refractivity contribution in [3.8, 4) is 0 Å². The van der Waals surface area contributed by atoms with Gasteiger partial charge in [-0.05, 0) is 30.7 Å². The summed E-state index contributed by atoms with van der Waals surface area (Å²) in [6.07, 6.45) is 0.548. The highest BCUT2D eigenvalue weighted by Crippen LogP contribution is 2.26. The normalized spacial score (nSPS) is 10.9. The lowest BCUT2D eigenvalue weighted by Gasteiger charge is -2.11. The Balaban J connectivity index is 2.21. The molecule has 0 unspecified atom stereocenters. The van der Waals surface area contributed by atoms with E-state index in [1.165, 1.54) is 32.3 Å². The molecule has 174 valence electrons. The Hall–Kier alpha value is -3.23. The molecule has 0 saturated heterocycles. The summed E-state index contributed by atoms with van der Waals surface area (Å²) in [5.41, 5.74) is 0.862. The molecular formula is C18H24N6O6S2. The zero-order valence-electron chi connectivity index (χ0n) is 17.9. The average molecular weight is 485 g/mol. The van der Waals surface area contributed by atoms with Crippen LogP contribution in [0.5, 0.6) is 0 Å². The minimum atomic E-state index is -4.14. The third-order valence-corrected chi connectivity index (χ3v) is 7.15. The monoisotopic (exact) mass is 484 g/mol. The van der Waals surface area contributed by atoms with Gasteiger partial charge < -0.3 is 15.4 Å². The highest BCUT2D eigenvalue weighted by atomic mass is 32.2. The summed E-state index contributed by atoms with van der Waals surface area (Å²) in [6.45, 7) is 2.21. The predicted molar refractivity (Wildman–Crippen MR) is 120 cm³/mol. The fraction of sp³-hybridized carbons (Fsp3) is 0.333. The number of hydrogen-bond donors (Lipinski definition) is 5. The van der Waals surface area contributed by atoms with Gasteiger partial charge in [0.15, 0.2) is 0 Å². The second kappa shape index (κ2) is 10.9. The SMILES string of the molecule is CNC(=O)Nc1cc(C(=O)NC)cc(NC(=O)NS(=O)(=O)c2cc(C)c(CCOC)s2)n1. The van der Waals surface area contributed by atoms with E-state index in [1.54, 1.807) is 14.0 Å². The van der Waals surface area contributed by atoms with Crippen LogP contribution in [0, 0.1) is 6.92 Å². The average Bonchev–Trinajstić information content (AvgIpc) is 3.12. The molecule has 0 spiro atoms. The molecule has 32 heavy (non-hydrogen) atoms. The maximum atomic E-state index is 12.6. The van der Waals surface area contributed by atoms with Crippen molar-refractivity contribution in [2.75, 3.05) is 38.4 Å². The van der Waals surface area contributed by atoms with E-state index in [-0.39, 0.29) is 21.4 Å². The Morgan fingerprint density at radius 2 is 1.66 bits per heavy atom. The molecule has 2 heterocycles. The number of nitrogens with one attached hydrogen (secondary N) is 5. The number of urea groups is 2. The first-order valence-electron chi connectivity index (χ1n) is 9.24. The highest BCUT2D eigenvalue weighted by Gasteiger charge is 2.22. The summed E-state index contributed by atoms with van der Waals surface area (Å²) < 4.78 is 32.1. The largest absolute Gasteiger partial charge is 0.384 e. The number of anilines is 2. The second-order valence-electron chi connectivity index (χ2n) is 6.38. The Morgan fingerprint density at radius 1 is 1.03 bits per heavy atom. The first kappa shape index (κ1) is 25.0.